The standard InChI is InChI=1S/C16H22/c1-5-9-13(3)15(10-6-2)16-12-8-7-11-14(16)4/h5-7,9-11H,8,12H2,1-4H3/b9-5-,10-6-,15-13+. The highest BCUT2D eigenvalue weighted by Crippen LogP contribution is 2.28. The van der Waals surface area contributed by atoms with Crippen LogP contribution in [0.15, 0.2) is 58.7 Å². The Morgan fingerprint density at radius 2 is 1.88 bits per heavy atom. The van der Waals surface area contributed by atoms with Gasteiger partial charge in [0.05, 0.1) is 0 Å². The van der Waals surface area contributed by atoms with Gasteiger partial charge in [0.15, 0.2) is 0 Å². The van der Waals surface area contributed by atoms with Gasteiger partial charge in [-0.2, -0.15) is 0 Å². The van der Waals surface area contributed by atoms with Crippen LogP contribution < -0.4 is 0 Å². The summed E-state index contributed by atoms with van der Waals surface area (Å²) in [5.74, 6) is 0. The maximum Gasteiger partial charge on any atom is -0.0196 e. The molecule has 0 heteroatoms. The molecule has 86 valence electrons. The van der Waals surface area contributed by atoms with E-state index in [4.69, 9.17) is 0 Å². The lowest BCUT2D eigenvalue weighted by molar-refractivity contribution is 0.952. The molecular weight excluding hydrogens is 192 g/mol. The van der Waals surface area contributed by atoms with E-state index >= 15 is 0 Å². The highest BCUT2D eigenvalue weighted by molar-refractivity contribution is 5.51. The molecule has 0 aromatic carbocycles. The molecule has 0 unspecified atom stereocenters. The Kier molecular flexibility index (Phi) is 5.04. The lowest BCUT2D eigenvalue weighted by Crippen LogP contribution is -1.97. The fourth-order valence-corrected chi connectivity index (χ4v) is 2.11. The predicted molar refractivity (Wildman–Crippen MR) is 73.4 cm³/mol. The number of allylic oxidation sites excluding steroid dienone is 10. The highest BCUT2D eigenvalue weighted by Gasteiger charge is 2.09. The van der Waals surface area contributed by atoms with Crippen molar-refractivity contribution in [2.45, 2.75) is 40.5 Å². The van der Waals surface area contributed by atoms with E-state index in [1.54, 1.807) is 0 Å². The van der Waals surface area contributed by atoms with E-state index in [1.165, 1.54) is 22.3 Å². The topological polar surface area (TPSA) is 0 Å². The van der Waals surface area contributed by atoms with Crippen LogP contribution in [0.1, 0.15) is 40.5 Å². The maximum absolute atomic E-state index is 2.26. The predicted octanol–water partition coefficient (Wildman–Crippen LogP) is 5.12. The van der Waals surface area contributed by atoms with Crippen LogP contribution in [0.25, 0.3) is 0 Å². The van der Waals surface area contributed by atoms with Crippen molar-refractivity contribution in [3.8, 4) is 0 Å². The van der Waals surface area contributed by atoms with Gasteiger partial charge in [-0.3, -0.25) is 0 Å². The van der Waals surface area contributed by atoms with Crippen LogP contribution in [0.2, 0.25) is 0 Å². The third-order valence-corrected chi connectivity index (χ3v) is 2.90. The van der Waals surface area contributed by atoms with Gasteiger partial charge in [-0.15, -0.1) is 0 Å². The van der Waals surface area contributed by atoms with Crippen LogP contribution >= 0.6 is 0 Å². The first-order chi connectivity index (χ1) is 7.70. The minimum atomic E-state index is 1.16. The van der Waals surface area contributed by atoms with Crippen molar-refractivity contribution in [1.29, 1.82) is 0 Å². The van der Waals surface area contributed by atoms with Gasteiger partial charge in [0.2, 0.25) is 0 Å². The molecule has 0 heterocycles. The van der Waals surface area contributed by atoms with Gasteiger partial charge in [0.25, 0.3) is 0 Å². The van der Waals surface area contributed by atoms with Gasteiger partial charge in [-0.05, 0) is 62.8 Å². The Bertz CT molecular complexity index is 384. The summed E-state index contributed by atoms with van der Waals surface area (Å²) in [6, 6.07) is 0. The van der Waals surface area contributed by atoms with Crippen LogP contribution in [0, 0.1) is 0 Å². The zero-order valence-corrected chi connectivity index (χ0v) is 10.9. The lowest BCUT2D eigenvalue weighted by Gasteiger charge is -2.16. The third kappa shape index (κ3) is 3.10. The second kappa shape index (κ2) is 6.32. The Labute approximate surface area is 99.8 Å². The minimum absolute atomic E-state index is 1.16. The van der Waals surface area contributed by atoms with E-state index in [-0.39, 0.29) is 0 Å². The van der Waals surface area contributed by atoms with Crippen molar-refractivity contribution in [1.82, 2.24) is 0 Å². The second-order valence-corrected chi connectivity index (χ2v) is 4.20. The summed E-state index contributed by atoms with van der Waals surface area (Å²) < 4.78 is 0. The molecule has 0 fully saturated rings. The zero-order chi connectivity index (χ0) is 12.0. The summed E-state index contributed by atoms with van der Waals surface area (Å²) >= 11 is 0. The van der Waals surface area contributed by atoms with E-state index < -0.39 is 0 Å². The number of hydrogen-bond acceptors (Lipinski definition) is 0. The number of hydrogen-bond donors (Lipinski definition) is 0. The first-order valence-electron chi connectivity index (χ1n) is 6.03. The molecule has 0 amide bonds. The summed E-state index contributed by atoms with van der Waals surface area (Å²) in [6.07, 6.45) is 15.5. The second-order valence-electron chi connectivity index (χ2n) is 4.20. The van der Waals surface area contributed by atoms with Gasteiger partial charge in [-0.25, -0.2) is 0 Å². The fourth-order valence-electron chi connectivity index (χ4n) is 2.11. The molecule has 0 spiro atoms. The summed E-state index contributed by atoms with van der Waals surface area (Å²) in [5.41, 5.74) is 5.65. The van der Waals surface area contributed by atoms with Crippen LogP contribution in [-0.4, -0.2) is 0 Å². The Morgan fingerprint density at radius 1 is 1.19 bits per heavy atom. The molecule has 1 aliphatic rings. The van der Waals surface area contributed by atoms with Gasteiger partial charge in [-0.1, -0.05) is 36.5 Å². The van der Waals surface area contributed by atoms with Crippen molar-refractivity contribution < 1.29 is 0 Å². The van der Waals surface area contributed by atoms with Crippen LogP contribution in [-0.2, 0) is 0 Å². The molecule has 1 rings (SSSR count). The van der Waals surface area contributed by atoms with E-state index in [1.807, 2.05) is 0 Å². The molecular formula is C16H22. The average Bonchev–Trinajstić information content (AvgIpc) is 2.27. The summed E-state index contributed by atoms with van der Waals surface area (Å²) in [5, 5.41) is 0. The van der Waals surface area contributed by atoms with Gasteiger partial charge in [0, 0.05) is 0 Å². The van der Waals surface area contributed by atoms with Crippen molar-refractivity contribution in [2.75, 3.05) is 0 Å². The monoisotopic (exact) mass is 214 g/mol. The molecule has 0 nitrogen and oxygen atoms in total. The van der Waals surface area contributed by atoms with Crippen LogP contribution in [0.3, 0.4) is 0 Å². The molecule has 0 saturated carbocycles. The summed E-state index contributed by atoms with van der Waals surface area (Å²) in [6.45, 7) is 8.54. The van der Waals surface area contributed by atoms with E-state index in [0.717, 1.165) is 12.8 Å². The Balaban J connectivity index is 3.22. The zero-order valence-electron chi connectivity index (χ0n) is 10.9. The largest absolute Gasteiger partial charge is 0.0874 e. The summed E-state index contributed by atoms with van der Waals surface area (Å²) in [7, 11) is 0. The van der Waals surface area contributed by atoms with Crippen molar-refractivity contribution in [3.05, 3.63) is 58.7 Å². The van der Waals surface area contributed by atoms with Crippen molar-refractivity contribution >= 4 is 0 Å². The van der Waals surface area contributed by atoms with Crippen LogP contribution in [0.4, 0.5) is 0 Å². The first kappa shape index (κ1) is 12.8. The number of rotatable bonds is 3. The first-order valence-corrected chi connectivity index (χ1v) is 6.03. The maximum atomic E-state index is 2.26. The van der Waals surface area contributed by atoms with E-state index in [9.17, 15) is 0 Å². The molecule has 0 aliphatic heterocycles. The summed E-state index contributed by atoms with van der Waals surface area (Å²) in [4.78, 5) is 0. The van der Waals surface area contributed by atoms with E-state index in [2.05, 4.69) is 64.2 Å². The average molecular weight is 214 g/mol. The third-order valence-electron chi connectivity index (χ3n) is 2.90. The minimum Gasteiger partial charge on any atom is -0.0874 e. The smallest absolute Gasteiger partial charge is 0.0196 e. The normalized spacial score (nSPS) is 18.8. The highest BCUT2D eigenvalue weighted by atomic mass is 14.1. The van der Waals surface area contributed by atoms with Crippen molar-refractivity contribution in [2.24, 2.45) is 0 Å². The van der Waals surface area contributed by atoms with Crippen molar-refractivity contribution in [3.63, 3.8) is 0 Å². The molecule has 0 saturated heterocycles. The quantitative estimate of drug-likeness (QED) is 0.572. The van der Waals surface area contributed by atoms with Gasteiger partial charge < -0.3 is 0 Å². The molecule has 16 heavy (non-hydrogen) atoms. The molecule has 0 atom stereocenters. The molecule has 1 aliphatic carbocycles. The molecule has 0 bridgehead atoms. The Hall–Kier alpha value is -1.30. The molecule has 0 aromatic heterocycles. The SMILES string of the molecule is C\C=C/C(C)=C(\C=C/C)C1=C(C)C=CCC1. The lowest BCUT2D eigenvalue weighted by atomic mass is 9.89. The van der Waals surface area contributed by atoms with Gasteiger partial charge >= 0.3 is 0 Å². The molecule has 0 aromatic rings. The van der Waals surface area contributed by atoms with Crippen LogP contribution in [0.5, 0.6) is 0 Å². The molecule has 0 radical (unpaired) electrons. The van der Waals surface area contributed by atoms with E-state index in [0.29, 0.717) is 0 Å². The Morgan fingerprint density at radius 3 is 2.44 bits per heavy atom. The molecule has 0 N–H and O–H groups in total. The van der Waals surface area contributed by atoms with Gasteiger partial charge in [0.1, 0.15) is 0 Å². The fraction of sp³-hybridized carbons (Fsp3) is 0.375.